The third-order valence-electron chi connectivity index (χ3n) is 3.36. The Bertz CT molecular complexity index is 182. The molecule has 2 unspecified atom stereocenters. The first-order chi connectivity index (χ1) is 6.04. The van der Waals surface area contributed by atoms with Crippen LogP contribution in [0, 0.1) is 23.7 Å². The number of carbonyl (C=O) groups excluding carboxylic acids is 1. The standard InChI is InChI=1S/C12H22O/c1-8(2)10-6-5-7-11(10)12(13)9(3)4/h8-11H,5-7H2,1-4H3. The number of hydrogen-bond acceptors (Lipinski definition) is 1. The summed E-state index contributed by atoms with van der Waals surface area (Å²) in [6, 6.07) is 0. The normalized spacial score (nSPS) is 28.8. The van der Waals surface area contributed by atoms with Crippen molar-refractivity contribution in [3.8, 4) is 0 Å². The average molecular weight is 182 g/mol. The first-order valence-electron chi connectivity index (χ1n) is 5.57. The maximum absolute atomic E-state index is 11.9. The molecule has 0 radical (unpaired) electrons. The Labute approximate surface area is 81.9 Å². The van der Waals surface area contributed by atoms with Gasteiger partial charge in [0.15, 0.2) is 0 Å². The molecule has 76 valence electrons. The maximum atomic E-state index is 11.9. The number of rotatable bonds is 3. The number of hydrogen-bond donors (Lipinski definition) is 0. The van der Waals surface area contributed by atoms with E-state index >= 15 is 0 Å². The van der Waals surface area contributed by atoms with Crippen molar-refractivity contribution in [1.29, 1.82) is 0 Å². The van der Waals surface area contributed by atoms with Gasteiger partial charge in [-0.15, -0.1) is 0 Å². The monoisotopic (exact) mass is 182 g/mol. The molecule has 0 N–H and O–H groups in total. The van der Waals surface area contributed by atoms with Crippen LogP contribution in [0.1, 0.15) is 47.0 Å². The van der Waals surface area contributed by atoms with E-state index in [1.807, 2.05) is 13.8 Å². The summed E-state index contributed by atoms with van der Waals surface area (Å²) in [7, 11) is 0. The second kappa shape index (κ2) is 4.26. The summed E-state index contributed by atoms with van der Waals surface area (Å²) in [5, 5.41) is 0. The van der Waals surface area contributed by atoms with Gasteiger partial charge in [0.1, 0.15) is 5.78 Å². The van der Waals surface area contributed by atoms with Crippen molar-refractivity contribution in [2.75, 3.05) is 0 Å². The Kier molecular flexibility index (Phi) is 3.52. The zero-order valence-electron chi connectivity index (χ0n) is 9.34. The van der Waals surface area contributed by atoms with E-state index in [1.54, 1.807) is 0 Å². The van der Waals surface area contributed by atoms with Crippen LogP contribution in [0.5, 0.6) is 0 Å². The molecule has 0 aromatic carbocycles. The summed E-state index contributed by atoms with van der Waals surface area (Å²) in [5.41, 5.74) is 0. The summed E-state index contributed by atoms with van der Waals surface area (Å²) < 4.78 is 0. The Morgan fingerprint density at radius 2 is 1.77 bits per heavy atom. The minimum atomic E-state index is 0.226. The molecule has 0 amide bonds. The zero-order chi connectivity index (χ0) is 10.0. The second-order valence-corrected chi connectivity index (χ2v) is 5.00. The van der Waals surface area contributed by atoms with E-state index in [1.165, 1.54) is 12.8 Å². The van der Waals surface area contributed by atoms with Crippen LogP contribution in [0.2, 0.25) is 0 Å². The molecule has 0 aromatic rings. The van der Waals surface area contributed by atoms with Crippen molar-refractivity contribution in [3.05, 3.63) is 0 Å². The molecule has 0 aromatic heterocycles. The van der Waals surface area contributed by atoms with Gasteiger partial charge in [0.25, 0.3) is 0 Å². The first-order valence-corrected chi connectivity index (χ1v) is 5.57. The summed E-state index contributed by atoms with van der Waals surface area (Å²) in [6.07, 6.45) is 3.66. The van der Waals surface area contributed by atoms with Gasteiger partial charge in [-0.25, -0.2) is 0 Å². The molecule has 13 heavy (non-hydrogen) atoms. The second-order valence-electron chi connectivity index (χ2n) is 5.00. The molecular weight excluding hydrogens is 160 g/mol. The summed E-state index contributed by atoms with van der Waals surface area (Å²) in [5.74, 6) is 2.44. The minimum Gasteiger partial charge on any atom is -0.299 e. The molecule has 1 aliphatic rings. The van der Waals surface area contributed by atoms with Gasteiger partial charge in [0.2, 0.25) is 0 Å². The molecular formula is C12H22O. The van der Waals surface area contributed by atoms with E-state index in [0.717, 1.165) is 6.42 Å². The van der Waals surface area contributed by atoms with Gasteiger partial charge in [0, 0.05) is 11.8 Å². The number of ketones is 1. The highest BCUT2D eigenvalue weighted by atomic mass is 16.1. The first kappa shape index (κ1) is 10.7. The molecule has 0 spiro atoms. The van der Waals surface area contributed by atoms with Crippen molar-refractivity contribution in [2.45, 2.75) is 47.0 Å². The fourth-order valence-electron chi connectivity index (χ4n) is 2.57. The van der Waals surface area contributed by atoms with Crippen LogP contribution in [0.3, 0.4) is 0 Å². The third-order valence-corrected chi connectivity index (χ3v) is 3.36. The van der Waals surface area contributed by atoms with Crippen LogP contribution in [0.4, 0.5) is 0 Å². The van der Waals surface area contributed by atoms with Gasteiger partial charge in [-0.05, 0) is 24.7 Å². The van der Waals surface area contributed by atoms with Crippen LogP contribution in [-0.4, -0.2) is 5.78 Å². The highest BCUT2D eigenvalue weighted by Gasteiger charge is 2.35. The molecule has 1 saturated carbocycles. The zero-order valence-corrected chi connectivity index (χ0v) is 9.34. The summed E-state index contributed by atoms with van der Waals surface area (Å²) >= 11 is 0. The Morgan fingerprint density at radius 1 is 1.15 bits per heavy atom. The van der Waals surface area contributed by atoms with E-state index in [9.17, 15) is 4.79 Å². The van der Waals surface area contributed by atoms with Crippen LogP contribution in [-0.2, 0) is 4.79 Å². The Morgan fingerprint density at radius 3 is 2.23 bits per heavy atom. The Hall–Kier alpha value is -0.330. The highest BCUT2D eigenvalue weighted by Crippen LogP contribution is 2.38. The van der Waals surface area contributed by atoms with E-state index in [2.05, 4.69) is 13.8 Å². The molecule has 2 atom stereocenters. The molecule has 1 aliphatic carbocycles. The average Bonchev–Trinajstić information content (AvgIpc) is 2.50. The van der Waals surface area contributed by atoms with E-state index < -0.39 is 0 Å². The van der Waals surface area contributed by atoms with E-state index in [4.69, 9.17) is 0 Å². The number of Topliss-reactive ketones (excluding diaryl/α,β-unsaturated/α-hetero) is 1. The molecule has 0 aliphatic heterocycles. The Balaban J connectivity index is 2.63. The molecule has 1 heteroatoms. The lowest BCUT2D eigenvalue weighted by Gasteiger charge is -2.23. The minimum absolute atomic E-state index is 0.226. The summed E-state index contributed by atoms with van der Waals surface area (Å²) in [4.78, 5) is 11.9. The van der Waals surface area contributed by atoms with Gasteiger partial charge in [-0.2, -0.15) is 0 Å². The third kappa shape index (κ3) is 2.32. The lowest BCUT2D eigenvalue weighted by Crippen LogP contribution is -2.26. The number of carbonyl (C=O) groups is 1. The smallest absolute Gasteiger partial charge is 0.138 e. The van der Waals surface area contributed by atoms with E-state index in [-0.39, 0.29) is 5.92 Å². The predicted molar refractivity (Wildman–Crippen MR) is 55.5 cm³/mol. The maximum Gasteiger partial charge on any atom is 0.138 e. The van der Waals surface area contributed by atoms with Crippen molar-refractivity contribution < 1.29 is 4.79 Å². The largest absolute Gasteiger partial charge is 0.299 e. The molecule has 0 heterocycles. The SMILES string of the molecule is CC(C)C(=O)C1CCCC1C(C)C. The molecule has 1 rings (SSSR count). The van der Waals surface area contributed by atoms with Gasteiger partial charge in [-0.3, -0.25) is 4.79 Å². The van der Waals surface area contributed by atoms with E-state index in [0.29, 0.717) is 23.5 Å². The highest BCUT2D eigenvalue weighted by molar-refractivity contribution is 5.83. The molecule has 0 saturated heterocycles. The van der Waals surface area contributed by atoms with Gasteiger partial charge >= 0.3 is 0 Å². The topological polar surface area (TPSA) is 17.1 Å². The quantitative estimate of drug-likeness (QED) is 0.654. The van der Waals surface area contributed by atoms with Crippen molar-refractivity contribution >= 4 is 5.78 Å². The van der Waals surface area contributed by atoms with Crippen LogP contribution >= 0.6 is 0 Å². The molecule has 0 bridgehead atoms. The van der Waals surface area contributed by atoms with Crippen molar-refractivity contribution in [3.63, 3.8) is 0 Å². The van der Waals surface area contributed by atoms with Crippen molar-refractivity contribution in [1.82, 2.24) is 0 Å². The summed E-state index contributed by atoms with van der Waals surface area (Å²) in [6.45, 7) is 8.54. The van der Waals surface area contributed by atoms with Crippen molar-refractivity contribution in [2.24, 2.45) is 23.7 Å². The van der Waals surface area contributed by atoms with Gasteiger partial charge < -0.3 is 0 Å². The molecule has 1 nitrogen and oxygen atoms in total. The predicted octanol–water partition coefficient (Wildman–Crippen LogP) is 3.28. The van der Waals surface area contributed by atoms with Gasteiger partial charge in [0.05, 0.1) is 0 Å². The van der Waals surface area contributed by atoms with Crippen LogP contribution in [0.25, 0.3) is 0 Å². The lowest BCUT2D eigenvalue weighted by molar-refractivity contribution is -0.127. The van der Waals surface area contributed by atoms with Gasteiger partial charge in [-0.1, -0.05) is 34.1 Å². The van der Waals surface area contributed by atoms with Crippen LogP contribution < -0.4 is 0 Å². The van der Waals surface area contributed by atoms with Crippen LogP contribution in [0.15, 0.2) is 0 Å². The fraction of sp³-hybridized carbons (Fsp3) is 0.917. The molecule has 1 fully saturated rings. The lowest BCUT2D eigenvalue weighted by atomic mass is 9.81. The fourth-order valence-corrected chi connectivity index (χ4v) is 2.57.